The Kier molecular flexibility index (Phi) is 4.10. The number of nitrogens with one attached hydrogen (secondary N) is 1. The molecule has 4 rings (SSSR count). The summed E-state index contributed by atoms with van der Waals surface area (Å²) in [4.78, 5) is 16.9. The van der Waals surface area contributed by atoms with Crippen molar-refractivity contribution >= 4 is 16.8 Å². The number of tetrazole rings is 1. The number of nitrogens with zero attached hydrogens (tertiary/aromatic N) is 5. The van der Waals surface area contributed by atoms with Crippen LogP contribution in [0.5, 0.6) is 0 Å². The Morgan fingerprint density at radius 1 is 1.36 bits per heavy atom. The van der Waals surface area contributed by atoms with E-state index in [0.29, 0.717) is 12.8 Å². The smallest absolute Gasteiger partial charge is 0.242 e. The van der Waals surface area contributed by atoms with Gasteiger partial charge in [-0.1, -0.05) is 18.2 Å². The molecule has 0 bridgehead atoms. The fraction of sp³-hybridized carbons (Fsp3) is 0.353. The van der Waals surface area contributed by atoms with Gasteiger partial charge < -0.3 is 10.4 Å². The highest BCUT2D eigenvalue weighted by Crippen LogP contribution is 2.38. The molecule has 8 nitrogen and oxygen atoms in total. The number of para-hydroxylation sites is 1. The van der Waals surface area contributed by atoms with Crippen molar-refractivity contribution < 1.29 is 9.90 Å². The molecule has 1 aromatic carbocycles. The molecule has 8 heteroatoms. The molecule has 3 aromatic rings. The van der Waals surface area contributed by atoms with Gasteiger partial charge in [0.15, 0.2) is 0 Å². The lowest BCUT2D eigenvalue weighted by Crippen LogP contribution is -2.42. The molecule has 2 N–H and O–H groups in total. The Morgan fingerprint density at radius 2 is 2.20 bits per heavy atom. The third kappa shape index (κ3) is 3.34. The van der Waals surface area contributed by atoms with E-state index in [0.717, 1.165) is 16.5 Å². The van der Waals surface area contributed by atoms with E-state index in [2.05, 4.69) is 31.9 Å². The molecule has 1 amide bonds. The second kappa shape index (κ2) is 6.56. The van der Waals surface area contributed by atoms with Gasteiger partial charge >= 0.3 is 0 Å². The number of carbonyl (C=O) groups is 1. The van der Waals surface area contributed by atoms with Crippen LogP contribution in [-0.4, -0.2) is 42.3 Å². The summed E-state index contributed by atoms with van der Waals surface area (Å²) >= 11 is 0. The van der Waals surface area contributed by atoms with Gasteiger partial charge in [-0.3, -0.25) is 9.78 Å². The first-order valence-electron chi connectivity index (χ1n) is 8.22. The fourth-order valence-corrected chi connectivity index (χ4v) is 3.25. The molecule has 0 saturated heterocycles. The van der Waals surface area contributed by atoms with E-state index in [9.17, 15) is 9.90 Å². The molecule has 1 aliphatic rings. The van der Waals surface area contributed by atoms with Crippen LogP contribution in [0.25, 0.3) is 10.9 Å². The molecular formula is C17H18N6O2. The van der Waals surface area contributed by atoms with E-state index < -0.39 is 0 Å². The molecule has 25 heavy (non-hydrogen) atoms. The number of hydrogen-bond acceptors (Lipinski definition) is 6. The molecule has 2 heterocycles. The van der Waals surface area contributed by atoms with Crippen LogP contribution in [-0.2, 0) is 11.3 Å². The zero-order chi connectivity index (χ0) is 17.2. The Hall–Kier alpha value is -2.87. The summed E-state index contributed by atoms with van der Waals surface area (Å²) in [6.45, 7) is 0.0553. The molecule has 1 atom stereocenters. The van der Waals surface area contributed by atoms with Gasteiger partial charge in [0.1, 0.15) is 12.9 Å². The molecule has 128 valence electrons. The first-order chi connectivity index (χ1) is 12.2. The maximum atomic E-state index is 12.4. The zero-order valence-corrected chi connectivity index (χ0v) is 13.5. The average Bonchev–Trinajstić information content (AvgIpc) is 3.09. The summed E-state index contributed by atoms with van der Waals surface area (Å²) in [5, 5.41) is 24.5. The van der Waals surface area contributed by atoms with Crippen molar-refractivity contribution in [3.63, 3.8) is 0 Å². The molecule has 1 aliphatic carbocycles. The maximum Gasteiger partial charge on any atom is 0.242 e. The van der Waals surface area contributed by atoms with Gasteiger partial charge in [0, 0.05) is 11.6 Å². The normalized spacial score (nSPS) is 20.8. The summed E-state index contributed by atoms with van der Waals surface area (Å²) in [5.74, 6) is 0.0163. The van der Waals surface area contributed by atoms with Crippen LogP contribution < -0.4 is 5.32 Å². The maximum absolute atomic E-state index is 12.4. The fourth-order valence-electron chi connectivity index (χ4n) is 3.25. The van der Waals surface area contributed by atoms with Crippen LogP contribution in [0.4, 0.5) is 0 Å². The number of rotatable bonds is 5. The Labute approximate surface area is 143 Å². The van der Waals surface area contributed by atoms with Gasteiger partial charge in [-0.05, 0) is 46.9 Å². The predicted molar refractivity (Wildman–Crippen MR) is 89.2 cm³/mol. The average molecular weight is 338 g/mol. The first-order valence-corrected chi connectivity index (χ1v) is 8.22. The van der Waals surface area contributed by atoms with Gasteiger partial charge in [0.2, 0.25) is 5.91 Å². The highest BCUT2D eigenvalue weighted by atomic mass is 16.3. The number of carbonyl (C=O) groups excluding carboxylic acids is 1. The van der Waals surface area contributed by atoms with E-state index in [-0.39, 0.29) is 30.5 Å². The van der Waals surface area contributed by atoms with Crippen molar-refractivity contribution in [1.82, 2.24) is 30.5 Å². The summed E-state index contributed by atoms with van der Waals surface area (Å²) < 4.78 is 1.38. The van der Waals surface area contributed by atoms with Gasteiger partial charge in [-0.2, -0.15) is 0 Å². The Balaban J connectivity index is 1.57. The molecule has 0 spiro atoms. The van der Waals surface area contributed by atoms with E-state index in [1.165, 1.54) is 11.0 Å². The minimum atomic E-state index is -0.294. The Morgan fingerprint density at radius 3 is 2.96 bits per heavy atom. The molecule has 0 unspecified atom stereocenters. The molecule has 2 aromatic heterocycles. The SMILES string of the molecule is O=C(Cn1cnnn1)N[C@H](c1cnc2ccccc2c1)C1CC(O)C1. The van der Waals surface area contributed by atoms with Crippen molar-refractivity contribution in [2.75, 3.05) is 0 Å². The van der Waals surface area contributed by atoms with E-state index in [4.69, 9.17) is 0 Å². The van der Waals surface area contributed by atoms with Crippen LogP contribution in [0.1, 0.15) is 24.4 Å². The number of benzene rings is 1. The number of amides is 1. The largest absolute Gasteiger partial charge is 0.393 e. The van der Waals surface area contributed by atoms with Gasteiger partial charge in [0.25, 0.3) is 0 Å². The van der Waals surface area contributed by atoms with Gasteiger partial charge in [0.05, 0.1) is 17.7 Å². The summed E-state index contributed by atoms with van der Waals surface area (Å²) in [7, 11) is 0. The molecule has 0 radical (unpaired) electrons. The van der Waals surface area contributed by atoms with Crippen LogP contribution in [0, 0.1) is 5.92 Å². The predicted octanol–water partition coefficient (Wildman–Crippen LogP) is 0.850. The van der Waals surface area contributed by atoms with Crippen molar-refractivity contribution in [2.45, 2.75) is 31.5 Å². The number of pyridine rings is 1. The van der Waals surface area contributed by atoms with Crippen molar-refractivity contribution in [1.29, 1.82) is 0 Å². The zero-order valence-electron chi connectivity index (χ0n) is 13.5. The molecule has 1 saturated carbocycles. The summed E-state index contributed by atoms with van der Waals surface area (Å²) in [6.07, 6.45) is 4.25. The van der Waals surface area contributed by atoms with Crippen molar-refractivity contribution in [3.8, 4) is 0 Å². The molecule has 1 fully saturated rings. The third-order valence-electron chi connectivity index (χ3n) is 4.61. The van der Waals surface area contributed by atoms with Crippen LogP contribution in [0.3, 0.4) is 0 Å². The highest BCUT2D eigenvalue weighted by Gasteiger charge is 2.36. The van der Waals surface area contributed by atoms with E-state index in [1.54, 1.807) is 6.20 Å². The monoisotopic (exact) mass is 338 g/mol. The van der Waals surface area contributed by atoms with Gasteiger partial charge in [-0.25, -0.2) is 4.68 Å². The van der Waals surface area contributed by atoms with Crippen molar-refractivity contribution in [3.05, 3.63) is 48.4 Å². The lowest BCUT2D eigenvalue weighted by Gasteiger charge is -2.38. The van der Waals surface area contributed by atoms with E-state index >= 15 is 0 Å². The van der Waals surface area contributed by atoms with Crippen LogP contribution in [0.15, 0.2) is 42.9 Å². The summed E-state index contributed by atoms with van der Waals surface area (Å²) in [6, 6.07) is 9.73. The number of hydrogen-bond donors (Lipinski definition) is 2. The number of aliphatic hydroxyl groups excluding tert-OH is 1. The number of aliphatic hydroxyl groups is 1. The lowest BCUT2D eigenvalue weighted by atomic mass is 9.75. The van der Waals surface area contributed by atoms with Crippen molar-refractivity contribution in [2.24, 2.45) is 5.92 Å². The van der Waals surface area contributed by atoms with Crippen LogP contribution in [0.2, 0.25) is 0 Å². The molecular weight excluding hydrogens is 320 g/mol. The quantitative estimate of drug-likeness (QED) is 0.714. The van der Waals surface area contributed by atoms with E-state index in [1.807, 2.05) is 24.3 Å². The molecule has 0 aliphatic heterocycles. The van der Waals surface area contributed by atoms with Gasteiger partial charge in [-0.15, -0.1) is 5.10 Å². The summed E-state index contributed by atoms with van der Waals surface area (Å²) in [5.41, 5.74) is 1.86. The lowest BCUT2D eigenvalue weighted by molar-refractivity contribution is -0.123. The Bertz CT molecular complexity index is 876. The second-order valence-electron chi connectivity index (χ2n) is 6.40. The minimum absolute atomic E-state index is 0.0553. The second-order valence-corrected chi connectivity index (χ2v) is 6.40. The third-order valence-corrected chi connectivity index (χ3v) is 4.61. The number of aromatic nitrogens is 5. The first kappa shape index (κ1) is 15.6. The number of fused-ring (bicyclic) bond motifs is 1. The van der Waals surface area contributed by atoms with Crippen LogP contribution >= 0.6 is 0 Å². The highest BCUT2D eigenvalue weighted by molar-refractivity contribution is 5.79. The minimum Gasteiger partial charge on any atom is -0.393 e. The standard InChI is InChI=1S/C17H18N6O2/c24-14-6-12(7-14)17(20-16(25)9-23-10-19-21-22-23)13-5-11-3-1-2-4-15(11)18-8-13/h1-5,8,10,12,14,17,24H,6-7,9H2,(H,20,25)/t12?,14?,17-/m0/s1. The topological polar surface area (TPSA) is 106 Å².